The van der Waals surface area contributed by atoms with Gasteiger partial charge in [-0.3, -0.25) is 4.79 Å². The van der Waals surface area contributed by atoms with E-state index in [1.807, 2.05) is 27.3 Å². The number of halogens is 1. The van der Waals surface area contributed by atoms with E-state index in [-0.39, 0.29) is 10.5 Å². The van der Waals surface area contributed by atoms with E-state index in [1.54, 1.807) is 6.07 Å². The van der Waals surface area contributed by atoms with Crippen molar-refractivity contribution in [3.8, 4) is 0 Å². The molecular weight excluding hydrogens is 305 g/mol. The minimum Gasteiger partial charge on any atom is -0.268 e. The molecule has 4 nitrogen and oxygen atoms in total. The number of carbonyl (C=O) groups is 1. The zero-order chi connectivity index (χ0) is 9.64. The van der Waals surface area contributed by atoms with Crippen molar-refractivity contribution < 1.29 is 13.2 Å². The van der Waals surface area contributed by atoms with Gasteiger partial charge in [0.1, 0.15) is 4.90 Å². The SMILES string of the molecule is O=C1NS(=O)(=O)c2cc(I)ccc21. The Bertz CT molecular complexity index is 494. The van der Waals surface area contributed by atoms with Crippen LogP contribution in [-0.4, -0.2) is 14.3 Å². The van der Waals surface area contributed by atoms with Crippen molar-refractivity contribution in [2.45, 2.75) is 4.90 Å². The van der Waals surface area contributed by atoms with Gasteiger partial charge in [0.25, 0.3) is 15.9 Å². The molecule has 0 fully saturated rings. The standard InChI is InChI=1S/C7H4INO3S/c8-4-1-2-5-6(3-4)13(11,12)9-7(5)10/h1-3H,(H,9,10). The van der Waals surface area contributed by atoms with Gasteiger partial charge < -0.3 is 0 Å². The predicted molar refractivity (Wildman–Crippen MR) is 53.8 cm³/mol. The summed E-state index contributed by atoms with van der Waals surface area (Å²) >= 11 is 1.99. The van der Waals surface area contributed by atoms with Gasteiger partial charge >= 0.3 is 0 Å². The fourth-order valence-electron chi connectivity index (χ4n) is 1.14. The summed E-state index contributed by atoms with van der Waals surface area (Å²) in [6.07, 6.45) is 0. The lowest BCUT2D eigenvalue weighted by Crippen LogP contribution is -2.20. The minimum atomic E-state index is -3.58. The Labute approximate surface area is 88.5 Å². The largest absolute Gasteiger partial charge is 0.268 e. The number of sulfonamides is 1. The van der Waals surface area contributed by atoms with E-state index < -0.39 is 15.9 Å². The van der Waals surface area contributed by atoms with Crippen LogP contribution in [0.1, 0.15) is 10.4 Å². The van der Waals surface area contributed by atoms with Gasteiger partial charge in [0.05, 0.1) is 5.56 Å². The third-order valence-electron chi connectivity index (χ3n) is 1.70. The molecule has 0 bridgehead atoms. The quantitative estimate of drug-likeness (QED) is 0.719. The number of hydrogen-bond acceptors (Lipinski definition) is 3. The second-order valence-corrected chi connectivity index (χ2v) is 5.47. The topological polar surface area (TPSA) is 63.2 Å². The van der Waals surface area contributed by atoms with Crippen LogP contribution in [0.15, 0.2) is 23.1 Å². The van der Waals surface area contributed by atoms with Crippen molar-refractivity contribution in [2.24, 2.45) is 0 Å². The number of amides is 1. The van der Waals surface area contributed by atoms with Gasteiger partial charge in [-0.1, -0.05) is 0 Å². The normalized spacial score (nSPS) is 18.1. The molecule has 0 unspecified atom stereocenters. The predicted octanol–water partition coefficient (Wildman–Crippen LogP) is 0.723. The van der Waals surface area contributed by atoms with E-state index in [9.17, 15) is 13.2 Å². The maximum atomic E-state index is 11.3. The summed E-state index contributed by atoms with van der Waals surface area (Å²) in [6, 6.07) is 4.68. The summed E-state index contributed by atoms with van der Waals surface area (Å²) in [5.41, 5.74) is 0.223. The number of benzene rings is 1. The van der Waals surface area contributed by atoms with Crippen LogP contribution in [0.5, 0.6) is 0 Å². The average Bonchev–Trinajstić information content (AvgIpc) is 2.23. The first kappa shape index (κ1) is 8.95. The maximum absolute atomic E-state index is 11.3. The number of hydrogen-bond donors (Lipinski definition) is 1. The maximum Gasteiger partial charge on any atom is 0.266 e. The zero-order valence-electron chi connectivity index (χ0n) is 6.24. The van der Waals surface area contributed by atoms with Crippen LogP contribution < -0.4 is 4.72 Å². The first-order valence-corrected chi connectivity index (χ1v) is 5.93. The van der Waals surface area contributed by atoms with Crippen molar-refractivity contribution in [1.29, 1.82) is 0 Å². The Morgan fingerprint density at radius 3 is 2.69 bits per heavy atom. The lowest BCUT2D eigenvalue weighted by molar-refractivity contribution is 0.0985. The number of rotatable bonds is 0. The fraction of sp³-hybridized carbons (Fsp3) is 0. The molecule has 0 saturated carbocycles. The molecule has 0 atom stereocenters. The van der Waals surface area contributed by atoms with Gasteiger partial charge in [-0.15, -0.1) is 0 Å². The molecule has 0 aromatic heterocycles. The summed E-state index contributed by atoms with van der Waals surface area (Å²) in [7, 11) is -3.58. The van der Waals surface area contributed by atoms with Crippen molar-refractivity contribution in [3.63, 3.8) is 0 Å². The monoisotopic (exact) mass is 309 g/mol. The highest BCUT2D eigenvalue weighted by Crippen LogP contribution is 2.23. The first-order chi connectivity index (χ1) is 6.00. The van der Waals surface area contributed by atoms with Crippen LogP contribution in [0, 0.1) is 3.57 Å². The Hall–Kier alpha value is -0.630. The summed E-state index contributed by atoms with van der Waals surface area (Å²) in [5, 5.41) is 0. The summed E-state index contributed by atoms with van der Waals surface area (Å²) < 4.78 is 25.3. The van der Waals surface area contributed by atoms with E-state index in [2.05, 4.69) is 0 Å². The molecule has 1 aliphatic heterocycles. The molecule has 1 aromatic carbocycles. The number of nitrogens with one attached hydrogen (secondary N) is 1. The summed E-state index contributed by atoms with van der Waals surface area (Å²) in [6.45, 7) is 0. The van der Waals surface area contributed by atoms with Crippen LogP contribution in [0.4, 0.5) is 0 Å². The highest BCUT2D eigenvalue weighted by molar-refractivity contribution is 14.1. The van der Waals surface area contributed by atoms with Crippen LogP contribution in [0.2, 0.25) is 0 Å². The van der Waals surface area contributed by atoms with E-state index >= 15 is 0 Å². The zero-order valence-corrected chi connectivity index (χ0v) is 9.22. The van der Waals surface area contributed by atoms with Crippen LogP contribution >= 0.6 is 22.6 Å². The second kappa shape index (κ2) is 2.68. The fourth-order valence-corrected chi connectivity index (χ4v) is 3.04. The molecular formula is C7H4INO3S. The third-order valence-corrected chi connectivity index (χ3v) is 3.75. The van der Waals surface area contributed by atoms with Gasteiger partial charge in [0, 0.05) is 3.57 Å². The molecule has 0 saturated heterocycles. The van der Waals surface area contributed by atoms with Crippen molar-refractivity contribution in [3.05, 3.63) is 27.3 Å². The smallest absolute Gasteiger partial charge is 0.266 e. The van der Waals surface area contributed by atoms with Gasteiger partial charge in [-0.2, -0.15) is 0 Å². The molecule has 0 spiro atoms. The molecule has 1 amide bonds. The molecule has 0 aliphatic carbocycles. The molecule has 1 aliphatic rings. The first-order valence-electron chi connectivity index (χ1n) is 3.37. The lowest BCUT2D eigenvalue weighted by atomic mass is 10.2. The number of carbonyl (C=O) groups excluding carboxylic acids is 1. The lowest BCUT2D eigenvalue weighted by Gasteiger charge is -1.94. The third kappa shape index (κ3) is 1.33. The Morgan fingerprint density at radius 1 is 1.31 bits per heavy atom. The van der Waals surface area contributed by atoms with E-state index in [1.165, 1.54) is 12.1 Å². The summed E-state index contributed by atoms with van der Waals surface area (Å²) in [5.74, 6) is -0.550. The Kier molecular flexibility index (Phi) is 1.84. The van der Waals surface area contributed by atoms with Gasteiger partial charge in [0.15, 0.2) is 0 Å². The number of fused-ring (bicyclic) bond motifs is 1. The van der Waals surface area contributed by atoms with Crippen LogP contribution in [-0.2, 0) is 10.0 Å². The molecule has 68 valence electrons. The van der Waals surface area contributed by atoms with E-state index in [4.69, 9.17) is 0 Å². The molecule has 13 heavy (non-hydrogen) atoms. The van der Waals surface area contributed by atoms with Gasteiger partial charge in [-0.05, 0) is 40.8 Å². The highest BCUT2D eigenvalue weighted by Gasteiger charge is 2.32. The Morgan fingerprint density at radius 2 is 2.00 bits per heavy atom. The summed E-state index contributed by atoms with van der Waals surface area (Å²) in [4.78, 5) is 11.2. The van der Waals surface area contributed by atoms with Crippen molar-refractivity contribution in [2.75, 3.05) is 0 Å². The molecule has 1 heterocycles. The average molecular weight is 309 g/mol. The molecule has 2 rings (SSSR count). The van der Waals surface area contributed by atoms with E-state index in [0.717, 1.165) is 3.57 Å². The van der Waals surface area contributed by atoms with Gasteiger partial charge in [0.2, 0.25) is 0 Å². The molecule has 1 aromatic rings. The van der Waals surface area contributed by atoms with Crippen LogP contribution in [0.25, 0.3) is 0 Å². The van der Waals surface area contributed by atoms with Crippen LogP contribution in [0.3, 0.4) is 0 Å². The molecule has 1 N–H and O–H groups in total. The molecule has 6 heteroatoms. The Balaban J connectivity index is 2.81. The molecule has 0 radical (unpaired) electrons. The van der Waals surface area contributed by atoms with Crippen molar-refractivity contribution in [1.82, 2.24) is 4.72 Å². The van der Waals surface area contributed by atoms with Crippen molar-refractivity contribution >= 4 is 38.5 Å². The second-order valence-electron chi connectivity index (χ2n) is 2.58. The van der Waals surface area contributed by atoms with Gasteiger partial charge in [-0.25, -0.2) is 13.1 Å². The minimum absolute atomic E-state index is 0.0735. The highest BCUT2D eigenvalue weighted by atomic mass is 127. The van der Waals surface area contributed by atoms with E-state index in [0.29, 0.717) is 0 Å².